The second kappa shape index (κ2) is 4.07. The Balaban J connectivity index is 2.42. The van der Waals surface area contributed by atoms with E-state index >= 15 is 0 Å². The van der Waals surface area contributed by atoms with E-state index in [1.165, 1.54) is 19.3 Å². The Morgan fingerprint density at radius 1 is 1.27 bits per heavy atom. The third kappa shape index (κ3) is 2.17. The molecule has 1 aliphatic carbocycles. The maximum atomic E-state index is 9.15. The highest BCUT2D eigenvalue weighted by Crippen LogP contribution is 2.30. The molecule has 0 radical (unpaired) electrons. The number of ether oxygens (including phenoxy) is 1. The van der Waals surface area contributed by atoms with Gasteiger partial charge in [0.1, 0.15) is 0 Å². The first-order valence-electron chi connectivity index (χ1n) is 4.58. The number of hydrogen-bond donors (Lipinski definition) is 1. The molecule has 0 amide bonds. The SMILES string of the molecule is CCOC1(CO)CCCCC1. The zero-order valence-electron chi connectivity index (χ0n) is 7.31. The summed E-state index contributed by atoms with van der Waals surface area (Å²) in [4.78, 5) is 0. The zero-order valence-corrected chi connectivity index (χ0v) is 7.31. The third-order valence-electron chi connectivity index (χ3n) is 2.50. The van der Waals surface area contributed by atoms with E-state index in [0.717, 1.165) is 19.4 Å². The first-order chi connectivity index (χ1) is 5.33. The van der Waals surface area contributed by atoms with Gasteiger partial charge in [0.15, 0.2) is 0 Å². The van der Waals surface area contributed by atoms with Crippen molar-refractivity contribution in [1.82, 2.24) is 0 Å². The van der Waals surface area contributed by atoms with Gasteiger partial charge in [-0.25, -0.2) is 0 Å². The Bertz CT molecular complexity index is 101. The van der Waals surface area contributed by atoms with Gasteiger partial charge >= 0.3 is 0 Å². The van der Waals surface area contributed by atoms with Gasteiger partial charge in [-0.1, -0.05) is 19.3 Å². The molecule has 1 fully saturated rings. The second-order valence-electron chi connectivity index (χ2n) is 3.33. The molecule has 0 saturated heterocycles. The highest BCUT2D eigenvalue weighted by Gasteiger charge is 2.31. The minimum Gasteiger partial charge on any atom is -0.393 e. The van der Waals surface area contributed by atoms with Crippen molar-refractivity contribution in [2.45, 2.75) is 44.6 Å². The molecule has 0 bridgehead atoms. The van der Waals surface area contributed by atoms with Crippen molar-refractivity contribution in [2.75, 3.05) is 13.2 Å². The monoisotopic (exact) mass is 158 g/mol. The lowest BCUT2D eigenvalue weighted by molar-refractivity contribution is -0.0961. The molecule has 1 saturated carbocycles. The summed E-state index contributed by atoms with van der Waals surface area (Å²) in [7, 11) is 0. The normalized spacial score (nSPS) is 23.5. The van der Waals surface area contributed by atoms with Crippen LogP contribution in [0.4, 0.5) is 0 Å². The standard InChI is InChI=1S/C9H18O2/c1-2-11-9(8-10)6-4-3-5-7-9/h10H,2-8H2,1H3. The summed E-state index contributed by atoms with van der Waals surface area (Å²) in [6.45, 7) is 2.91. The Kier molecular flexibility index (Phi) is 3.34. The van der Waals surface area contributed by atoms with E-state index in [4.69, 9.17) is 9.84 Å². The molecular weight excluding hydrogens is 140 g/mol. The van der Waals surface area contributed by atoms with Crippen molar-refractivity contribution < 1.29 is 9.84 Å². The highest BCUT2D eigenvalue weighted by atomic mass is 16.5. The fraction of sp³-hybridized carbons (Fsp3) is 1.00. The molecule has 0 aromatic heterocycles. The second-order valence-corrected chi connectivity index (χ2v) is 3.33. The molecule has 66 valence electrons. The van der Waals surface area contributed by atoms with Crippen molar-refractivity contribution in [3.05, 3.63) is 0 Å². The molecule has 0 spiro atoms. The quantitative estimate of drug-likeness (QED) is 0.677. The summed E-state index contributed by atoms with van der Waals surface area (Å²) in [6, 6.07) is 0. The van der Waals surface area contributed by atoms with Gasteiger partial charge < -0.3 is 9.84 Å². The highest BCUT2D eigenvalue weighted by molar-refractivity contribution is 4.83. The Labute approximate surface area is 68.6 Å². The molecular formula is C9H18O2. The summed E-state index contributed by atoms with van der Waals surface area (Å²) in [5, 5.41) is 9.15. The van der Waals surface area contributed by atoms with Crippen molar-refractivity contribution in [3.8, 4) is 0 Å². The van der Waals surface area contributed by atoms with Gasteiger partial charge in [0.25, 0.3) is 0 Å². The summed E-state index contributed by atoms with van der Waals surface area (Å²) >= 11 is 0. The molecule has 0 heterocycles. The van der Waals surface area contributed by atoms with E-state index in [0.29, 0.717) is 0 Å². The van der Waals surface area contributed by atoms with E-state index < -0.39 is 0 Å². The maximum absolute atomic E-state index is 9.15. The van der Waals surface area contributed by atoms with Crippen LogP contribution in [0.2, 0.25) is 0 Å². The molecule has 0 unspecified atom stereocenters. The Morgan fingerprint density at radius 2 is 1.91 bits per heavy atom. The Hall–Kier alpha value is -0.0800. The van der Waals surface area contributed by atoms with E-state index in [1.54, 1.807) is 0 Å². The number of aliphatic hydroxyl groups is 1. The van der Waals surface area contributed by atoms with Crippen molar-refractivity contribution in [2.24, 2.45) is 0 Å². The zero-order chi connectivity index (χ0) is 8.16. The molecule has 2 nitrogen and oxygen atoms in total. The van der Waals surface area contributed by atoms with Gasteiger partial charge in [-0.2, -0.15) is 0 Å². The molecule has 11 heavy (non-hydrogen) atoms. The molecule has 0 atom stereocenters. The van der Waals surface area contributed by atoms with Crippen LogP contribution in [0, 0.1) is 0 Å². The van der Waals surface area contributed by atoms with E-state index in [9.17, 15) is 0 Å². The van der Waals surface area contributed by atoms with Crippen LogP contribution in [-0.4, -0.2) is 23.9 Å². The fourth-order valence-electron chi connectivity index (χ4n) is 1.85. The van der Waals surface area contributed by atoms with Crippen LogP contribution >= 0.6 is 0 Å². The molecule has 0 aliphatic heterocycles. The van der Waals surface area contributed by atoms with Gasteiger partial charge in [0, 0.05) is 6.61 Å². The van der Waals surface area contributed by atoms with Crippen LogP contribution in [0.3, 0.4) is 0 Å². The summed E-state index contributed by atoms with van der Waals surface area (Å²) in [6.07, 6.45) is 5.80. The smallest absolute Gasteiger partial charge is 0.0911 e. The topological polar surface area (TPSA) is 29.5 Å². The van der Waals surface area contributed by atoms with Gasteiger partial charge in [0.05, 0.1) is 12.2 Å². The first kappa shape index (κ1) is 9.01. The van der Waals surface area contributed by atoms with Crippen molar-refractivity contribution >= 4 is 0 Å². The van der Waals surface area contributed by atoms with Crippen molar-refractivity contribution in [1.29, 1.82) is 0 Å². The van der Waals surface area contributed by atoms with Crippen LogP contribution in [-0.2, 0) is 4.74 Å². The molecule has 2 heteroatoms. The van der Waals surface area contributed by atoms with Gasteiger partial charge in [-0.15, -0.1) is 0 Å². The summed E-state index contributed by atoms with van der Waals surface area (Å²) in [5.41, 5.74) is -0.174. The van der Waals surface area contributed by atoms with E-state index in [2.05, 4.69) is 0 Å². The molecule has 0 aromatic rings. The summed E-state index contributed by atoms with van der Waals surface area (Å²) in [5.74, 6) is 0. The average molecular weight is 158 g/mol. The third-order valence-corrected chi connectivity index (χ3v) is 2.50. The fourth-order valence-corrected chi connectivity index (χ4v) is 1.85. The van der Waals surface area contributed by atoms with Crippen molar-refractivity contribution in [3.63, 3.8) is 0 Å². The predicted molar refractivity (Wildman–Crippen MR) is 44.5 cm³/mol. The van der Waals surface area contributed by atoms with Gasteiger partial charge in [-0.3, -0.25) is 0 Å². The van der Waals surface area contributed by atoms with Crippen LogP contribution in [0.25, 0.3) is 0 Å². The molecule has 0 aromatic carbocycles. The van der Waals surface area contributed by atoms with E-state index in [1.807, 2.05) is 6.92 Å². The molecule has 1 N–H and O–H groups in total. The molecule has 1 aliphatic rings. The number of aliphatic hydroxyl groups excluding tert-OH is 1. The van der Waals surface area contributed by atoms with Gasteiger partial charge in [0.2, 0.25) is 0 Å². The molecule has 1 rings (SSSR count). The van der Waals surface area contributed by atoms with E-state index in [-0.39, 0.29) is 12.2 Å². The van der Waals surface area contributed by atoms with Crippen LogP contribution in [0.1, 0.15) is 39.0 Å². The van der Waals surface area contributed by atoms with Crippen LogP contribution in [0.5, 0.6) is 0 Å². The minimum absolute atomic E-state index is 0.174. The minimum atomic E-state index is -0.174. The maximum Gasteiger partial charge on any atom is 0.0911 e. The first-order valence-corrected chi connectivity index (χ1v) is 4.58. The lowest BCUT2D eigenvalue weighted by Crippen LogP contribution is -2.38. The number of hydrogen-bond acceptors (Lipinski definition) is 2. The van der Waals surface area contributed by atoms with Crippen LogP contribution < -0.4 is 0 Å². The lowest BCUT2D eigenvalue weighted by Gasteiger charge is -2.35. The number of rotatable bonds is 3. The lowest BCUT2D eigenvalue weighted by atomic mass is 9.85. The largest absolute Gasteiger partial charge is 0.393 e. The predicted octanol–water partition coefficient (Wildman–Crippen LogP) is 1.72. The summed E-state index contributed by atoms with van der Waals surface area (Å²) < 4.78 is 5.57. The van der Waals surface area contributed by atoms with Crippen LogP contribution in [0.15, 0.2) is 0 Å². The Morgan fingerprint density at radius 3 is 2.36 bits per heavy atom. The van der Waals surface area contributed by atoms with Gasteiger partial charge in [-0.05, 0) is 19.8 Å². The average Bonchev–Trinajstić information content (AvgIpc) is 2.07.